The molecular formula is C15H22N2O2. The van der Waals surface area contributed by atoms with Gasteiger partial charge in [0.15, 0.2) is 0 Å². The summed E-state index contributed by atoms with van der Waals surface area (Å²) in [6.07, 6.45) is 4.25. The minimum atomic E-state index is 0.149. The second kappa shape index (κ2) is 6.45. The van der Waals surface area contributed by atoms with Crippen LogP contribution in [0.1, 0.15) is 25.7 Å². The van der Waals surface area contributed by atoms with Crippen LogP contribution in [0.2, 0.25) is 0 Å². The molecule has 2 rings (SSSR count). The molecule has 1 amide bonds. The molecule has 0 atom stereocenters. The zero-order valence-corrected chi connectivity index (χ0v) is 11.5. The maximum absolute atomic E-state index is 11.9. The Morgan fingerprint density at radius 2 is 2.26 bits per heavy atom. The van der Waals surface area contributed by atoms with Gasteiger partial charge in [-0.1, -0.05) is 12.5 Å². The predicted molar refractivity (Wildman–Crippen MR) is 75.9 cm³/mol. The molecule has 1 aliphatic carbocycles. The van der Waals surface area contributed by atoms with Gasteiger partial charge in [-0.2, -0.15) is 0 Å². The predicted octanol–water partition coefficient (Wildman–Crippen LogP) is 2.30. The van der Waals surface area contributed by atoms with Crippen molar-refractivity contribution < 1.29 is 9.53 Å². The first-order valence-electron chi connectivity index (χ1n) is 6.87. The molecule has 1 aromatic rings. The Kier molecular flexibility index (Phi) is 4.66. The Morgan fingerprint density at radius 3 is 2.89 bits per heavy atom. The van der Waals surface area contributed by atoms with E-state index in [2.05, 4.69) is 0 Å². The van der Waals surface area contributed by atoms with Crippen molar-refractivity contribution in [1.82, 2.24) is 4.90 Å². The molecule has 104 valence electrons. The lowest BCUT2D eigenvalue weighted by atomic mass is 9.85. The molecule has 0 saturated heterocycles. The lowest BCUT2D eigenvalue weighted by Crippen LogP contribution is -2.34. The van der Waals surface area contributed by atoms with Gasteiger partial charge >= 0.3 is 0 Å². The van der Waals surface area contributed by atoms with Gasteiger partial charge in [-0.05, 0) is 30.9 Å². The number of ether oxygens (including phenoxy) is 1. The fourth-order valence-corrected chi connectivity index (χ4v) is 2.22. The molecule has 0 bridgehead atoms. The molecule has 0 aromatic heterocycles. The summed E-state index contributed by atoms with van der Waals surface area (Å²) in [5.41, 5.74) is 6.33. The average Bonchev–Trinajstić information content (AvgIpc) is 2.33. The van der Waals surface area contributed by atoms with Crippen LogP contribution < -0.4 is 10.5 Å². The van der Waals surface area contributed by atoms with Crippen molar-refractivity contribution in [3.05, 3.63) is 24.3 Å². The van der Waals surface area contributed by atoms with E-state index < -0.39 is 0 Å². The third kappa shape index (κ3) is 4.16. The first kappa shape index (κ1) is 13.7. The molecule has 0 spiro atoms. The van der Waals surface area contributed by atoms with Crippen LogP contribution in [0.3, 0.4) is 0 Å². The molecule has 4 heteroatoms. The highest BCUT2D eigenvalue weighted by molar-refractivity contribution is 5.76. The van der Waals surface area contributed by atoms with Crippen LogP contribution in [-0.2, 0) is 4.79 Å². The molecule has 1 saturated carbocycles. The number of nitrogens with zero attached hydrogens (tertiary/aromatic N) is 1. The number of hydrogen-bond donors (Lipinski definition) is 1. The number of amides is 1. The van der Waals surface area contributed by atoms with Gasteiger partial charge in [0.1, 0.15) is 5.75 Å². The van der Waals surface area contributed by atoms with Crippen molar-refractivity contribution in [2.24, 2.45) is 5.92 Å². The summed E-state index contributed by atoms with van der Waals surface area (Å²) in [4.78, 5) is 13.7. The van der Waals surface area contributed by atoms with Gasteiger partial charge in [-0.15, -0.1) is 0 Å². The van der Waals surface area contributed by atoms with E-state index in [4.69, 9.17) is 10.5 Å². The highest BCUT2D eigenvalue weighted by Crippen LogP contribution is 2.26. The smallest absolute Gasteiger partial charge is 0.225 e. The Bertz CT molecular complexity index is 430. The van der Waals surface area contributed by atoms with E-state index in [0.29, 0.717) is 24.6 Å². The lowest BCUT2D eigenvalue weighted by molar-refractivity contribution is -0.131. The van der Waals surface area contributed by atoms with Crippen molar-refractivity contribution in [2.45, 2.75) is 25.7 Å². The second-order valence-corrected chi connectivity index (χ2v) is 5.24. The van der Waals surface area contributed by atoms with Crippen molar-refractivity contribution >= 4 is 11.6 Å². The maximum Gasteiger partial charge on any atom is 0.225 e. The Hall–Kier alpha value is -1.71. The van der Waals surface area contributed by atoms with E-state index >= 15 is 0 Å². The van der Waals surface area contributed by atoms with Crippen LogP contribution in [0, 0.1) is 5.92 Å². The minimum absolute atomic E-state index is 0.149. The quantitative estimate of drug-likeness (QED) is 0.800. The summed E-state index contributed by atoms with van der Waals surface area (Å²) in [7, 11) is 1.88. The largest absolute Gasteiger partial charge is 0.493 e. The van der Waals surface area contributed by atoms with E-state index in [9.17, 15) is 4.79 Å². The molecule has 19 heavy (non-hydrogen) atoms. The summed E-state index contributed by atoms with van der Waals surface area (Å²) in [5.74, 6) is 1.58. The van der Waals surface area contributed by atoms with Crippen LogP contribution in [-0.4, -0.2) is 31.0 Å². The summed E-state index contributed by atoms with van der Waals surface area (Å²) < 4.78 is 5.53. The first-order valence-corrected chi connectivity index (χ1v) is 6.87. The van der Waals surface area contributed by atoms with Gasteiger partial charge in [0.25, 0.3) is 0 Å². The van der Waals surface area contributed by atoms with Crippen LogP contribution in [0.25, 0.3) is 0 Å². The minimum Gasteiger partial charge on any atom is -0.493 e. The van der Waals surface area contributed by atoms with Crippen molar-refractivity contribution in [1.29, 1.82) is 0 Å². The fourth-order valence-electron chi connectivity index (χ4n) is 2.22. The number of carbonyl (C=O) groups excluding carboxylic acids is 1. The molecular weight excluding hydrogens is 240 g/mol. The average molecular weight is 262 g/mol. The zero-order chi connectivity index (χ0) is 13.7. The normalized spacial score (nSPS) is 14.8. The first-order chi connectivity index (χ1) is 9.15. The number of carbonyl (C=O) groups is 1. The van der Waals surface area contributed by atoms with Crippen LogP contribution >= 0.6 is 0 Å². The number of nitrogens with two attached hydrogens (primary N) is 1. The number of nitrogen functional groups attached to an aromatic ring is 1. The van der Waals surface area contributed by atoms with E-state index in [1.807, 2.05) is 30.1 Å². The molecule has 1 fully saturated rings. The van der Waals surface area contributed by atoms with Gasteiger partial charge in [0, 0.05) is 25.3 Å². The summed E-state index contributed by atoms with van der Waals surface area (Å²) >= 11 is 0. The van der Waals surface area contributed by atoms with Gasteiger partial charge in [-0.3, -0.25) is 4.79 Å². The van der Waals surface area contributed by atoms with Crippen LogP contribution in [0.15, 0.2) is 24.3 Å². The molecule has 1 aromatic carbocycles. The number of rotatable bonds is 6. The van der Waals surface area contributed by atoms with Crippen molar-refractivity contribution in [2.75, 3.05) is 25.9 Å². The van der Waals surface area contributed by atoms with Crippen molar-refractivity contribution in [3.8, 4) is 5.75 Å². The summed E-state index contributed by atoms with van der Waals surface area (Å²) in [6, 6.07) is 7.26. The van der Waals surface area contributed by atoms with E-state index in [1.165, 1.54) is 19.3 Å². The standard InChI is InChI=1S/C15H22N2O2/c1-17(11-12-4-2-5-12)15(18)8-9-19-14-7-3-6-13(16)10-14/h3,6-7,10,12H,2,4-5,8-9,11,16H2,1H3. The topological polar surface area (TPSA) is 55.6 Å². The van der Waals surface area contributed by atoms with E-state index in [0.717, 1.165) is 12.3 Å². The fraction of sp³-hybridized carbons (Fsp3) is 0.533. The summed E-state index contributed by atoms with van der Waals surface area (Å²) in [5, 5.41) is 0. The third-order valence-corrected chi connectivity index (χ3v) is 3.63. The molecule has 0 aliphatic heterocycles. The lowest BCUT2D eigenvalue weighted by Gasteiger charge is -2.30. The molecule has 0 heterocycles. The number of anilines is 1. The molecule has 0 radical (unpaired) electrons. The highest BCUT2D eigenvalue weighted by Gasteiger charge is 2.21. The van der Waals surface area contributed by atoms with Gasteiger partial charge in [0.2, 0.25) is 5.91 Å². The Morgan fingerprint density at radius 1 is 1.47 bits per heavy atom. The molecule has 4 nitrogen and oxygen atoms in total. The SMILES string of the molecule is CN(CC1CCC1)C(=O)CCOc1cccc(N)c1. The van der Waals surface area contributed by atoms with Crippen LogP contribution in [0.4, 0.5) is 5.69 Å². The monoisotopic (exact) mass is 262 g/mol. The Balaban J connectivity index is 1.68. The highest BCUT2D eigenvalue weighted by atomic mass is 16.5. The zero-order valence-electron chi connectivity index (χ0n) is 11.5. The number of hydrogen-bond acceptors (Lipinski definition) is 3. The molecule has 2 N–H and O–H groups in total. The van der Waals surface area contributed by atoms with Gasteiger partial charge < -0.3 is 15.4 Å². The van der Waals surface area contributed by atoms with Gasteiger partial charge in [0.05, 0.1) is 13.0 Å². The van der Waals surface area contributed by atoms with E-state index in [1.54, 1.807) is 6.07 Å². The molecule has 0 unspecified atom stereocenters. The maximum atomic E-state index is 11.9. The third-order valence-electron chi connectivity index (χ3n) is 3.63. The van der Waals surface area contributed by atoms with Crippen LogP contribution in [0.5, 0.6) is 5.75 Å². The second-order valence-electron chi connectivity index (χ2n) is 5.24. The Labute approximate surface area is 114 Å². The van der Waals surface area contributed by atoms with Crippen molar-refractivity contribution in [3.63, 3.8) is 0 Å². The summed E-state index contributed by atoms with van der Waals surface area (Å²) in [6.45, 7) is 1.29. The van der Waals surface area contributed by atoms with E-state index in [-0.39, 0.29) is 5.91 Å². The molecule has 1 aliphatic rings. The van der Waals surface area contributed by atoms with Gasteiger partial charge in [-0.25, -0.2) is 0 Å². The number of benzene rings is 1.